The van der Waals surface area contributed by atoms with E-state index in [1.807, 2.05) is 13.8 Å². The highest BCUT2D eigenvalue weighted by Crippen LogP contribution is 2.23. The molecule has 1 heterocycles. The van der Waals surface area contributed by atoms with Gasteiger partial charge in [-0.1, -0.05) is 6.08 Å². The van der Waals surface area contributed by atoms with E-state index in [9.17, 15) is 14.9 Å². The maximum absolute atomic E-state index is 12.1. The van der Waals surface area contributed by atoms with E-state index in [0.717, 1.165) is 0 Å². The van der Waals surface area contributed by atoms with E-state index in [-0.39, 0.29) is 23.0 Å². The highest BCUT2D eigenvalue weighted by Gasteiger charge is 2.20. The van der Waals surface area contributed by atoms with Crippen molar-refractivity contribution in [2.75, 3.05) is 25.0 Å². The van der Waals surface area contributed by atoms with E-state index in [0.29, 0.717) is 19.6 Å². The molecule has 0 aliphatic heterocycles. The molecule has 1 N–H and O–H groups in total. The standard InChI is InChI=1S/C13H18N4O3/c1-4-7-14-12-11(17(19)20)8-10(9-15-12)13(18)16(5-2)6-3/h4,8-9H,1,5-7H2,2-3H3,(H,14,15). The molecule has 0 aliphatic rings. The van der Waals surface area contributed by atoms with Gasteiger partial charge in [-0.15, -0.1) is 6.58 Å². The van der Waals surface area contributed by atoms with Crippen LogP contribution < -0.4 is 5.32 Å². The second-order valence-corrected chi connectivity index (χ2v) is 4.00. The maximum Gasteiger partial charge on any atom is 0.312 e. The molecule has 0 saturated carbocycles. The number of hydrogen-bond acceptors (Lipinski definition) is 5. The van der Waals surface area contributed by atoms with Crippen molar-refractivity contribution in [3.05, 3.63) is 40.6 Å². The third-order valence-electron chi connectivity index (χ3n) is 2.78. The number of amides is 1. The summed E-state index contributed by atoms with van der Waals surface area (Å²) < 4.78 is 0. The minimum absolute atomic E-state index is 0.131. The second kappa shape index (κ2) is 7.22. The third kappa shape index (κ3) is 3.53. The van der Waals surface area contributed by atoms with Crippen molar-refractivity contribution in [1.29, 1.82) is 0 Å². The molecule has 1 rings (SSSR count). The molecule has 0 unspecified atom stereocenters. The fraction of sp³-hybridized carbons (Fsp3) is 0.385. The van der Waals surface area contributed by atoms with Gasteiger partial charge >= 0.3 is 5.69 Å². The Balaban J connectivity index is 3.12. The molecular weight excluding hydrogens is 260 g/mol. The third-order valence-corrected chi connectivity index (χ3v) is 2.78. The molecule has 0 spiro atoms. The van der Waals surface area contributed by atoms with Crippen LogP contribution in [0.5, 0.6) is 0 Å². The minimum Gasteiger partial charge on any atom is -0.361 e. The monoisotopic (exact) mass is 278 g/mol. The summed E-state index contributed by atoms with van der Waals surface area (Å²) in [6.45, 7) is 8.66. The lowest BCUT2D eigenvalue weighted by Crippen LogP contribution is -2.30. The molecule has 108 valence electrons. The largest absolute Gasteiger partial charge is 0.361 e. The van der Waals surface area contributed by atoms with Crippen LogP contribution in [0.25, 0.3) is 0 Å². The minimum atomic E-state index is -0.558. The number of aromatic nitrogens is 1. The molecule has 1 aromatic heterocycles. The quantitative estimate of drug-likeness (QED) is 0.468. The number of carbonyl (C=O) groups excluding carboxylic acids is 1. The van der Waals surface area contributed by atoms with Gasteiger partial charge in [-0.25, -0.2) is 4.98 Å². The van der Waals surface area contributed by atoms with Crippen LogP contribution in [-0.4, -0.2) is 40.3 Å². The zero-order valence-corrected chi connectivity index (χ0v) is 11.6. The van der Waals surface area contributed by atoms with Crippen LogP contribution in [0, 0.1) is 10.1 Å². The Hall–Kier alpha value is -2.44. The lowest BCUT2D eigenvalue weighted by Gasteiger charge is -2.18. The number of nitrogens with one attached hydrogen (secondary N) is 1. The molecule has 0 saturated heterocycles. The van der Waals surface area contributed by atoms with Crippen LogP contribution in [0.4, 0.5) is 11.5 Å². The first-order chi connectivity index (χ1) is 9.54. The summed E-state index contributed by atoms with van der Waals surface area (Å²) in [5.41, 5.74) is -0.00518. The fourth-order valence-corrected chi connectivity index (χ4v) is 1.71. The maximum atomic E-state index is 12.1. The summed E-state index contributed by atoms with van der Waals surface area (Å²) in [5.74, 6) is -0.133. The average Bonchev–Trinajstić information content (AvgIpc) is 2.45. The van der Waals surface area contributed by atoms with Crippen LogP contribution in [0.15, 0.2) is 24.9 Å². The molecule has 0 radical (unpaired) electrons. The van der Waals surface area contributed by atoms with Gasteiger partial charge in [0.1, 0.15) is 0 Å². The molecule has 0 aliphatic carbocycles. The number of hydrogen-bond donors (Lipinski definition) is 1. The van der Waals surface area contributed by atoms with Gasteiger partial charge in [0.05, 0.1) is 10.5 Å². The summed E-state index contributed by atoms with van der Waals surface area (Å²) in [4.78, 5) is 28.2. The van der Waals surface area contributed by atoms with Gasteiger partial charge in [0.2, 0.25) is 5.82 Å². The Bertz CT molecular complexity index is 512. The van der Waals surface area contributed by atoms with Gasteiger partial charge in [0.25, 0.3) is 5.91 Å². The first-order valence-corrected chi connectivity index (χ1v) is 6.33. The molecule has 0 bridgehead atoms. The van der Waals surface area contributed by atoms with Crippen molar-refractivity contribution in [1.82, 2.24) is 9.88 Å². The van der Waals surface area contributed by atoms with Gasteiger partial charge in [-0.2, -0.15) is 0 Å². The van der Waals surface area contributed by atoms with E-state index in [1.165, 1.54) is 12.3 Å². The summed E-state index contributed by atoms with van der Waals surface area (Å²) in [7, 11) is 0. The first-order valence-electron chi connectivity index (χ1n) is 6.33. The highest BCUT2D eigenvalue weighted by atomic mass is 16.6. The Morgan fingerprint density at radius 2 is 2.20 bits per heavy atom. The topological polar surface area (TPSA) is 88.4 Å². The molecule has 1 aromatic rings. The number of nitrogens with zero attached hydrogens (tertiary/aromatic N) is 3. The van der Waals surface area contributed by atoms with Crippen LogP contribution in [0.2, 0.25) is 0 Å². The van der Waals surface area contributed by atoms with Gasteiger partial charge in [0, 0.05) is 31.9 Å². The second-order valence-electron chi connectivity index (χ2n) is 4.00. The van der Waals surface area contributed by atoms with Gasteiger partial charge in [0.15, 0.2) is 0 Å². The van der Waals surface area contributed by atoms with Gasteiger partial charge in [-0.3, -0.25) is 14.9 Å². The van der Waals surface area contributed by atoms with Crippen molar-refractivity contribution in [2.45, 2.75) is 13.8 Å². The average molecular weight is 278 g/mol. The molecule has 7 heteroatoms. The predicted octanol–water partition coefficient (Wildman–Crippen LogP) is 2.07. The number of carbonyl (C=O) groups is 1. The van der Waals surface area contributed by atoms with E-state index < -0.39 is 4.92 Å². The lowest BCUT2D eigenvalue weighted by molar-refractivity contribution is -0.384. The van der Waals surface area contributed by atoms with Crippen molar-refractivity contribution in [3.8, 4) is 0 Å². The summed E-state index contributed by atoms with van der Waals surface area (Å²) >= 11 is 0. The molecule has 0 aromatic carbocycles. The molecule has 7 nitrogen and oxygen atoms in total. The van der Waals surface area contributed by atoms with E-state index in [2.05, 4.69) is 16.9 Å². The summed E-state index contributed by atoms with van der Waals surface area (Å²) in [6, 6.07) is 1.25. The van der Waals surface area contributed by atoms with E-state index >= 15 is 0 Å². The Kier molecular flexibility index (Phi) is 5.64. The van der Waals surface area contributed by atoms with Crippen molar-refractivity contribution in [3.63, 3.8) is 0 Å². The Morgan fingerprint density at radius 3 is 2.70 bits per heavy atom. The van der Waals surface area contributed by atoms with Crippen LogP contribution >= 0.6 is 0 Å². The lowest BCUT2D eigenvalue weighted by atomic mass is 10.2. The van der Waals surface area contributed by atoms with Crippen molar-refractivity contribution >= 4 is 17.4 Å². The number of pyridine rings is 1. The Morgan fingerprint density at radius 1 is 1.55 bits per heavy atom. The number of rotatable bonds is 7. The molecule has 0 fully saturated rings. The molecule has 0 atom stereocenters. The normalized spacial score (nSPS) is 9.90. The zero-order valence-electron chi connectivity index (χ0n) is 11.6. The highest BCUT2D eigenvalue weighted by molar-refractivity contribution is 5.95. The first kappa shape index (κ1) is 15.6. The van der Waals surface area contributed by atoms with Crippen molar-refractivity contribution < 1.29 is 9.72 Å². The van der Waals surface area contributed by atoms with Crippen molar-refractivity contribution in [2.24, 2.45) is 0 Å². The summed E-state index contributed by atoms with van der Waals surface area (Å²) in [6.07, 6.45) is 2.92. The van der Waals surface area contributed by atoms with Crippen LogP contribution in [-0.2, 0) is 0 Å². The SMILES string of the molecule is C=CCNc1ncc(C(=O)N(CC)CC)cc1[N+](=O)[O-]. The van der Waals surface area contributed by atoms with E-state index in [1.54, 1.807) is 11.0 Å². The number of nitro groups is 1. The zero-order chi connectivity index (χ0) is 15.1. The smallest absolute Gasteiger partial charge is 0.312 e. The van der Waals surface area contributed by atoms with Crippen LogP contribution in [0.1, 0.15) is 24.2 Å². The predicted molar refractivity (Wildman–Crippen MR) is 76.8 cm³/mol. The molecule has 1 amide bonds. The Labute approximate surface area is 117 Å². The number of anilines is 1. The molecular formula is C13H18N4O3. The van der Waals surface area contributed by atoms with E-state index in [4.69, 9.17) is 0 Å². The fourth-order valence-electron chi connectivity index (χ4n) is 1.71. The summed E-state index contributed by atoms with van der Waals surface area (Å²) in [5, 5.41) is 13.8. The van der Waals surface area contributed by atoms with Gasteiger partial charge < -0.3 is 10.2 Å². The van der Waals surface area contributed by atoms with Gasteiger partial charge in [-0.05, 0) is 13.8 Å². The molecule has 20 heavy (non-hydrogen) atoms. The van der Waals surface area contributed by atoms with Crippen LogP contribution in [0.3, 0.4) is 0 Å².